The molecule has 2 aromatic carbocycles. The van der Waals surface area contributed by atoms with Crippen LogP contribution in [-0.2, 0) is 0 Å². The standard InChI is InChI=1S/C17H20FNO/c1-4-19-17(13-7-5-6-8-16(13)20-3)14-11-12(2)9-10-15(14)18/h5-11,17,19H,4H2,1-3H3. The molecular weight excluding hydrogens is 253 g/mol. The van der Waals surface area contributed by atoms with Crippen LogP contribution < -0.4 is 10.1 Å². The molecule has 0 saturated carbocycles. The van der Waals surface area contributed by atoms with Crippen molar-refractivity contribution < 1.29 is 9.13 Å². The summed E-state index contributed by atoms with van der Waals surface area (Å²) < 4.78 is 19.6. The maximum absolute atomic E-state index is 14.2. The summed E-state index contributed by atoms with van der Waals surface area (Å²) >= 11 is 0. The van der Waals surface area contributed by atoms with Crippen LogP contribution in [0.1, 0.15) is 29.7 Å². The Morgan fingerprint density at radius 3 is 2.60 bits per heavy atom. The van der Waals surface area contributed by atoms with Crippen LogP contribution >= 0.6 is 0 Å². The number of para-hydroxylation sites is 1. The minimum Gasteiger partial charge on any atom is -0.496 e. The minimum atomic E-state index is -0.212. The van der Waals surface area contributed by atoms with Gasteiger partial charge in [-0.3, -0.25) is 0 Å². The molecule has 0 fully saturated rings. The maximum atomic E-state index is 14.2. The smallest absolute Gasteiger partial charge is 0.128 e. The van der Waals surface area contributed by atoms with Crippen LogP contribution in [0, 0.1) is 12.7 Å². The molecule has 1 unspecified atom stereocenters. The highest BCUT2D eigenvalue weighted by molar-refractivity contribution is 5.42. The normalized spacial score (nSPS) is 12.2. The Morgan fingerprint density at radius 1 is 1.15 bits per heavy atom. The van der Waals surface area contributed by atoms with Gasteiger partial charge in [0.1, 0.15) is 11.6 Å². The third kappa shape index (κ3) is 2.99. The molecule has 0 amide bonds. The van der Waals surface area contributed by atoms with Crippen LogP contribution in [0.5, 0.6) is 5.75 Å². The molecule has 20 heavy (non-hydrogen) atoms. The molecule has 0 spiro atoms. The second-order valence-corrected chi connectivity index (χ2v) is 4.76. The summed E-state index contributed by atoms with van der Waals surface area (Å²) in [6.45, 7) is 4.72. The number of hydrogen-bond acceptors (Lipinski definition) is 2. The first-order chi connectivity index (χ1) is 9.67. The van der Waals surface area contributed by atoms with Gasteiger partial charge in [-0.15, -0.1) is 0 Å². The van der Waals surface area contributed by atoms with Gasteiger partial charge in [-0.1, -0.05) is 42.8 Å². The van der Waals surface area contributed by atoms with Crippen LogP contribution in [0.2, 0.25) is 0 Å². The van der Waals surface area contributed by atoms with E-state index >= 15 is 0 Å². The summed E-state index contributed by atoms with van der Waals surface area (Å²) in [4.78, 5) is 0. The zero-order valence-electron chi connectivity index (χ0n) is 12.1. The molecule has 2 rings (SSSR count). The lowest BCUT2D eigenvalue weighted by atomic mass is 9.96. The van der Waals surface area contributed by atoms with E-state index in [0.29, 0.717) is 5.56 Å². The Balaban J connectivity index is 2.53. The van der Waals surface area contributed by atoms with Crippen LogP contribution in [-0.4, -0.2) is 13.7 Å². The number of hydrogen-bond donors (Lipinski definition) is 1. The Labute approximate surface area is 119 Å². The maximum Gasteiger partial charge on any atom is 0.128 e. The lowest BCUT2D eigenvalue weighted by Crippen LogP contribution is -2.23. The largest absolute Gasteiger partial charge is 0.496 e. The highest BCUT2D eigenvalue weighted by atomic mass is 19.1. The van der Waals surface area contributed by atoms with Crippen molar-refractivity contribution in [3.8, 4) is 5.75 Å². The zero-order chi connectivity index (χ0) is 14.5. The summed E-state index contributed by atoms with van der Waals surface area (Å²) in [7, 11) is 1.63. The van der Waals surface area contributed by atoms with E-state index in [9.17, 15) is 4.39 Å². The molecule has 0 bridgehead atoms. The quantitative estimate of drug-likeness (QED) is 0.893. The van der Waals surface area contributed by atoms with Gasteiger partial charge in [0, 0.05) is 11.1 Å². The van der Waals surface area contributed by atoms with Crippen LogP contribution in [0.25, 0.3) is 0 Å². The van der Waals surface area contributed by atoms with Gasteiger partial charge >= 0.3 is 0 Å². The number of aryl methyl sites for hydroxylation is 1. The third-order valence-corrected chi connectivity index (χ3v) is 3.32. The van der Waals surface area contributed by atoms with Crippen molar-refractivity contribution in [2.75, 3.05) is 13.7 Å². The van der Waals surface area contributed by atoms with E-state index in [0.717, 1.165) is 23.4 Å². The Morgan fingerprint density at radius 2 is 1.90 bits per heavy atom. The van der Waals surface area contributed by atoms with Gasteiger partial charge in [0.25, 0.3) is 0 Å². The fourth-order valence-corrected chi connectivity index (χ4v) is 2.38. The van der Waals surface area contributed by atoms with Crippen molar-refractivity contribution in [1.82, 2.24) is 5.32 Å². The summed E-state index contributed by atoms with van der Waals surface area (Å²) in [5.41, 5.74) is 2.64. The van der Waals surface area contributed by atoms with E-state index in [1.165, 1.54) is 6.07 Å². The molecule has 0 aliphatic carbocycles. The average molecular weight is 273 g/mol. The van der Waals surface area contributed by atoms with Crippen molar-refractivity contribution >= 4 is 0 Å². The predicted octanol–water partition coefficient (Wildman–Crippen LogP) is 3.84. The first-order valence-electron chi connectivity index (χ1n) is 6.79. The molecule has 0 heterocycles. The van der Waals surface area contributed by atoms with Gasteiger partial charge in [0.05, 0.1) is 13.2 Å². The zero-order valence-corrected chi connectivity index (χ0v) is 12.1. The van der Waals surface area contributed by atoms with Crippen molar-refractivity contribution in [2.45, 2.75) is 19.9 Å². The summed E-state index contributed by atoms with van der Waals surface area (Å²) in [6.07, 6.45) is 0. The SMILES string of the molecule is CCNC(c1cc(C)ccc1F)c1ccccc1OC. The predicted molar refractivity (Wildman–Crippen MR) is 79.7 cm³/mol. The first-order valence-corrected chi connectivity index (χ1v) is 6.79. The summed E-state index contributed by atoms with van der Waals surface area (Å²) in [5.74, 6) is 0.562. The molecule has 1 N–H and O–H groups in total. The van der Waals surface area contributed by atoms with Crippen molar-refractivity contribution in [3.63, 3.8) is 0 Å². The van der Waals surface area contributed by atoms with E-state index in [1.807, 2.05) is 44.2 Å². The number of benzene rings is 2. The topological polar surface area (TPSA) is 21.3 Å². The molecule has 0 aliphatic rings. The molecule has 0 aromatic heterocycles. The van der Waals surface area contributed by atoms with Crippen molar-refractivity contribution in [2.24, 2.45) is 0 Å². The fourth-order valence-electron chi connectivity index (χ4n) is 2.38. The number of halogens is 1. The van der Waals surface area contributed by atoms with Gasteiger partial charge in [-0.2, -0.15) is 0 Å². The monoisotopic (exact) mass is 273 g/mol. The van der Waals surface area contributed by atoms with Gasteiger partial charge in [0.2, 0.25) is 0 Å². The fraction of sp³-hybridized carbons (Fsp3) is 0.294. The summed E-state index contributed by atoms with van der Waals surface area (Å²) in [6, 6.07) is 12.7. The molecule has 106 valence electrons. The number of methoxy groups -OCH3 is 1. The van der Waals surface area contributed by atoms with E-state index in [4.69, 9.17) is 4.74 Å². The van der Waals surface area contributed by atoms with Gasteiger partial charge < -0.3 is 10.1 Å². The number of rotatable bonds is 5. The van der Waals surface area contributed by atoms with Crippen molar-refractivity contribution in [1.29, 1.82) is 0 Å². The van der Waals surface area contributed by atoms with E-state index in [2.05, 4.69) is 5.32 Å². The Hall–Kier alpha value is -1.87. The highest BCUT2D eigenvalue weighted by Crippen LogP contribution is 2.31. The number of nitrogens with one attached hydrogen (secondary N) is 1. The van der Waals surface area contributed by atoms with E-state index < -0.39 is 0 Å². The van der Waals surface area contributed by atoms with Crippen LogP contribution in [0.3, 0.4) is 0 Å². The summed E-state index contributed by atoms with van der Waals surface area (Å²) in [5, 5.41) is 3.34. The number of ether oxygens (including phenoxy) is 1. The van der Waals surface area contributed by atoms with E-state index in [-0.39, 0.29) is 11.9 Å². The van der Waals surface area contributed by atoms with Crippen LogP contribution in [0.4, 0.5) is 4.39 Å². The average Bonchev–Trinajstić information content (AvgIpc) is 2.47. The highest BCUT2D eigenvalue weighted by Gasteiger charge is 2.20. The molecule has 2 aromatic rings. The first kappa shape index (κ1) is 14.5. The van der Waals surface area contributed by atoms with Gasteiger partial charge in [0.15, 0.2) is 0 Å². The van der Waals surface area contributed by atoms with Crippen molar-refractivity contribution in [3.05, 3.63) is 65.0 Å². The molecule has 0 aliphatic heterocycles. The minimum absolute atomic E-state index is 0.201. The van der Waals surface area contributed by atoms with Crippen LogP contribution in [0.15, 0.2) is 42.5 Å². The lowest BCUT2D eigenvalue weighted by Gasteiger charge is -2.22. The second kappa shape index (κ2) is 6.53. The third-order valence-electron chi connectivity index (χ3n) is 3.32. The van der Waals surface area contributed by atoms with E-state index in [1.54, 1.807) is 13.2 Å². The molecule has 1 atom stereocenters. The Kier molecular flexibility index (Phi) is 4.74. The Bertz CT molecular complexity index is 583. The van der Waals surface area contributed by atoms with Gasteiger partial charge in [-0.05, 0) is 25.6 Å². The molecular formula is C17H20FNO. The lowest BCUT2D eigenvalue weighted by molar-refractivity contribution is 0.403. The van der Waals surface area contributed by atoms with Gasteiger partial charge in [-0.25, -0.2) is 4.39 Å². The molecule has 2 nitrogen and oxygen atoms in total. The molecule has 0 radical (unpaired) electrons. The molecule has 3 heteroatoms. The second-order valence-electron chi connectivity index (χ2n) is 4.76. The molecule has 0 saturated heterocycles.